The maximum Gasteiger partial charge on any atom is 0.0627 e. The van der Waals surface area contributed by atoms with Gasteiger partial charge in [-0.05, 0) is 50.4 Å². The van der Waals surface area contributed by atoms with Gasteiger partial charge in [0, 0.05) is 27.1 Å². The third-order valence-corrected chi connectivity index (χ3v) is 8.28. The highest BCUT2D eigenvalue weighted by molar-refractivity contribution is 6.39. The van der Waals surface area contributed by atoms with Crippen molar-refractivity contribution in [3.8, 4) is 22.3 Å². The van der Waals surface area contributed by atoms with Crippen molar-refractivity contribution in [2.45, 2.75) is 0 Å². The minimum atomic E-state index is 1.24. The summed E-state index contributed by atoms with van der Waals surface area (Å²) < 4.78 is 2.54. The highest BCUT2D eigenvalue weighted by Gasteiger charge is 2.24. The third-order valence-electron chi connectivity index (χ3n) is 8.28. The highest BCUT2D eigenvalue weighted by atomic mass is 14.9. The van der Waals surface area contributed by atoms with Gasteiger partial charge in [-0.3, -0.25) is 0 Å². The molecule has 0 fully saturated rings. The Morgan fingerprint density at radius 2 is 0.946 bits per heavy atom. The first-order chi connectivity index (χ1) is 18.4. The fraction of sp³-hybridized carbons (Fsp3) is 0. The van der Waals surface area contributed by atoms with E-state index in [1.807, 2.05) is 0 Å². The van der Waals surface area contributed by atoms with Gasteiger partial charge in [-0.25, -0.2) is 0 Å². The van der Waals surface area contributed by atoms with Crippen LogP contribution in [0.1, 0.15) is 0 Å². The molecule has 2 heterocycles. The molecular formula is C36H21N. The molecule has 170 valence electrons. The molecule has 7 aromatic carbocycles. The largest absolute Gasteiger partial charge is 0.307 e. The number of fused-ring (bicyclic) bond motifs is 7. The van der Waals surface area contributed by atoms with E-state index in [1.54, 1.807) is 0 Å². The molecule has 0 atom stereocenters. The first kappa shape index (κ1) is 19.3. The average Bonchev–Trinajstić information content (AvgIpc) is 3.50. The van der Waals surface area contributed by atoms with Gasteiger partial charge in [-0.1, -0.05) is 115 Å². The van der Waals surface area contributed by atoms with E-state index in [0.29, 0.717) is 0 Å². The van der Waals surface area contributed by atoms with E-state index in [-0.39, 0.29) is 0 Å². The summed E-state index contributed by atoms with van der Waals surface area (Å²) in [6, 6.07) is 46.8. The quantitative estimate of drug-likeness (QED) is 0.223. The van der Waals surface area contributed by atoms with Gasteiger partial charge < -0.3 is 4.40 Å². The molecule has 0 amide bonds. The standard InChI is InChI=1S/C36H21N/c1-2-9-22(10-3-1)23-11-8-12-24(21-23)25-17-18-29-26-13-4-5-14-27(26)30-19-20-31-28-15-6-7-16-32(28)37-35(25)33(29)34(30)36(31)37/h1-21H. The van der Waals surface area contributed by atoms with E-state index in [9.17, 15) is 0 Å². The molecular weight excluding hydrogens is 446 g/mol. The molecule has 0 radical (unpaired) electrons. The van der Waals surface area contributed by atoms with Gasteiger partial charge in [0.2, 0.25) is 0 Å². The number of rotatable bonds is 2. The Kier molecular flexibility index (Phi) is 3.59. The Morgan fingerprint density at radius 1 is 0.351 bits per heavy atom. The number of para-hydroxylation sites is 1. The predicted octanol–water partition coefficient (Wildman–Crippen LogP) is 9.91. The first-order valence-corrected chi connectivity index (χ1v) is 12.9. The van der Waals surface area contributed by atoms with E-state index in [4.69, 9.17) is 0 Å². The summed E-state index contributed by atoms with van der Waals surface area (Å²) in [4.78, 5) is 0. The molecule has 0 bridgehead atoms. The zero-order chi connectivity index (χ0) is 24.1. The smallest absolute Gasteiger partial charge is 0.0627 e. The SMILES string of the molecule is c1ccc(-c2cccc(-c3ccc4c5ccccc5c5ccc6c7ccccc7n7c3c4c5c67)c2)cc1. The molecule has 0 aliphatic heterocycles. The zero-order valence-corrected chi connectivity index (χ0v) is 20.1. The monoisotopic (exact) mass is 467 g/mol. The van der Waals surface area contributed by atoms with Crippen molar-refractivity contribution in [3.05, 3.63) is 127 Å². The summed E-state index contributed by atoms with van der Waals surface area (Å²) in [6.07, 6.45) is 0. The third kappa shape index (κ3) is 2.39. The first-order valence-electron chi connectivity index (χ1n) is 12.9. The second-order valence-electron chi connectivity index (χ2n) is 10.1. The molecule has 1 nitrogen and oxygen atoms in total. The van der Waals surface area contributed by atoms with Crippen molar-refractivity contribution in [2.75, 3.05) is 0 Å². The van der Waals surface area contributed by atoms with E-state index >= 15 is 0 Å². The summed E-state index contributed by atoms with van der Waals surface area (Å²) >= 11 is 0. The Hall–Kier alpha value is -4.88. The van der Waals surface area contributed by atoms with Crippen LogP contribution in [0.2, 0.25) is 0 Å². The molecule has 2 aromatic heterocycles. The van der Waals surface area contributed by atoms with Crippen molar-refractivity contribution >= 4 is 59.6 Å². The highest BCUT2D eigenvalue weighted by Crippen LogP contribution is 2.49. The van der Waals surface area contributed by atoms with Gasteiger partial charge in [-0.15, -0.1) is 0 Å². The summed E-state index contributed by atoms with van der Waals surface area (Å²) in [5.74, 6) is 0. The lowest BCUT2D eigenvalue weighted by Gasteiger charge is -2.13. The fourth-order valence-electron chi connectivity index (χ4n) is 6.75. The van der Waals surface area contributed by atoms with E-state index in [0.717, 1.165) is 0 Å². The molecule has 0 saturated heterocycles. The van der Waals surface area contributed by atoms with Gasteiger partial charge in [0.1, 0.15) is 0 Å². The average molecular weight is 468 g/mol. The fourth-order valence-corrected chi connectivity index (χ4v) is 6.75. The molecule has 1 heteroatoms. The second kappa shape index (κ2) is 6.87. The molecule has 0 N–H and O–H groups in total. The number of nitrogens with zero attached hydrogens (tertiary/aromatic N) is 1. The Balaban J connectivity index is 1.52. The van der Waals surface area contributed by atoms with Crippen LogP contribution in [0, 0.1) is 0 Å². The summed E-state index contributed by atoms with van der Waals surface area (Å²) in [7, 11) is 0. The lowest BCUT2D eigenvalue weighted by Crippen LogP contribution is -1.88. The van der Waals surface area contributed by atoms with E-state index in [2.05, 4.69) is 132 Å². The van der Waals surface area contributed by atoms with Crippen molar-refractivity contribution < 1.29 is 0 Å². The maximum absolute atomic E-state index is 2.54. The van der Waals surface area contributed by atoms with Gasteiger partial charge in [0.25, 0.3) is 0 Å². The van der Waals surface area contributed by atoms with Crippen LogP contribution in [0.4, 0.5) is 0 Å². The molecule has 9 aromatic rings. The van der Waals surface area contributed by atoms with Crippen molar-refractivity contribution in [2.24, 2.45) is 0 Å². The Labute approximate surface area is 213 Å². The van der Waals surface area contributed by atoms with E-state index < -0.39 is 0 Å². The van der Waals surface area contributed by atoms with Crippen molar-refractivity contribution in [3.63, 3.8) is 0 Å². The molecule has 9 rings (SSSR count). The second-order valence-corrected chi connectivity index (χ2v) is 10.1. The minimum absolute atomic E-state index is 1.24. The van der Waals surface area contributed by atoms with Gasteiger partial charge in [0.05, 0.1) is 16.6 Å². The Bertz CT molecular complexity index is 2290. The zero-order valence-electron chi connectivity index (χ0n) is 20.1. The minimum Gasteiger partial charge on any atom is -0.307 e. The molecule has 0 aliphatic carbocycles. The molecule has 37 heavy (non-hydrogen) atoms. The lowest BCUT2D eigenvalue weighted by atomic mass is 9.90. The van der Waals surface area contributed by atoms with Crippen LogP contribution in [0.3, 0.4) is 0 Å². The van der Waals surface area contributed by atoms with Crippen molar-refractivity contribution in [1.82, 2.24) is 4.40 Å². The number of aromatic nitrogens is 1. The predicted molar refractivity (Wildman–Crippen MR) is 158 cm³/mol. The maximum atomic E-state index is 2.54. The van der Waals surface area contributed by atoms with Crippen LogP contribution in [0.15, 0.2) is 127 Å². The summed E-state index contributed by atoms with van der Waals surface area (Å²) in [5, 5.41) is 10.7. The molecule has 0 spiro atoms. The van der Waals surface area contributed by atoms with Crippen LogP contribution in [-0.2, 0) is 0 Å². The summed E-state index contributed by atoms with van der Waals surface area (Å²) in [6.45, 7) is 0. The van der Waals surface area contributed by atoms with Gasteiger partial charge in [0.15, 0.2) is 0 Å². The van der Waals surface area contributed by atoms with Crippen LogP contribution in [0.25, 0.3) is 81.9 Å². The lowest BCUT2D eigenvalue weighted by molar-refractivity contribution is 1.37. The number of hydrogen-bond acceptors (Lipinski definition) is 0. The van der Waals surface area contributed by atoms with Crippen LogP contribution in [-0.4, -0.2) is 4.40 Å². The van der Waals surface area contributed by atoms with Gasteiger partial charge >= 0.3 is 0 Å². The molecule has 0 unspecified atom stereocenters. The molecule has 0 aliphatic rings. The van der Waals surface area contributed by atoms with Gasteiger partial charge in [-0.2, -0.15) is 0 Å². The molecule has 0 saturated carbocycles. The normalized spacial score (nSPS) is 12.3. The van der Waals surface area contributed by atoms with Crippen LogP contribution >= 0.6 is 0 Å². The van der Waals surface area contributed by atoms with Crippen molar-refractivity contribution in [1.29, 1.82) is 0 Å². The van der Waals surface area contributed by atoms with E-state index in [1.165, 1.54) is 81.9 Å². The number of hydrogen-bond donors (Lipinski definition) is 0. The number of benzene rings is 7. The topological polar surface area (TPSA) is 4.41 Å². The Morgan fingerprint density at radius 3 is 1.76 bits per heavy atom. The van der Waals surface area contributed by atoms with Crippen LogP contribution < -0.4 is 0 Å². The van der Waals surface area contributed by atoms with Crippen LogP contribution in [0.5, 0.6) is 0 Å². The summed E-state index contributed by atoms with van der Waals surface area (Å²) in [5.41, 5.74) is 8.94.